The molecular weight excluding hydrogens is 453 g/mol. The first-order valence-corrected chi connectivity index (χ1v) is 10.8. The molecule has 0 radical (unpaired) electrons. The van der Waals surface area contributed by atoms with E-state index in [1.165, 1.54) is 58.0 Å². The molecule has 1 atom stereocenters. The number of nitrogens with zero attached hydrogens (tertiary/aromatic N) is 3. The Balaban J connectivity index is 0.00000261. The molecule has 0 bridgehead atoms. The van der Waals surface area contributed by atoms with E-state index in [0.29, 0.717) is 6.04 Å². The van der Waals surface area contributed by atoms with Crippen LogP contribution < -0.4 is 10.6 Å². The third-order valence-corrected chi connectivity index (χ3v) is 6.05. The quantitative estimate of drug-likeness (QED) is 0.278. The summed E-state index contributed by atoms with van der Waals surface area (Å²) in [4.78, 5) is 10.1. The molecule has 3 fully saturated rings. The van der Waals surface area contributed by atoms with E-state index >= 15 is 0 Å². The molecule has 0 spiro atoms. The topological polar surface area (TPSA) is 52.1 Å². The summed E-state index contributed by atoms with van der Waals surface area (Å²) in [5, 5.41) is 7.12. The monoisotopic (exact) mass is 493 g/mol. The lowest BCUT2D eigenvalue weighted by molar-refractivity contribution is 0.145. The van der Waals surface area contributed by atoms with Gasteiger partial charge in [-0.15, -0.1) is 24.0 Å². The lowest BCUT2D eigenvalue weighted by Gasteiger charge is -2.24. The number of aliphatic imine (C=N–C) groups is 1. The molecule has 1 heterocycles. The molecule has 0 amide bonds. The number of guanidine groups is 1. The molecule has 2 N–H and O–H groups in total. The maximum absolute atomic E-state index is 5.25. The Morgan fingerprint density at radius 3 is 2.59 bits per heavy atom. The van der Waals surface area contributed by atoms with Crippen LogP contribution in [0.1, 0.15) is 51.9 Å². The first-order valence-electron chi connectivity index (χ1n) is 10.8. The van der Waals surface area contributed by atoms with Crippen molar-refractivity contribution < 1.29 is 4.74 Å². The average Bonchev–Trinajstić information content (AvgIpc) is 3.14. The minimum atomic E-state index is 0. The maximum Gasteiger partial charge on any atom is 0.191 e. The highest BCUT2D eigenvalue weighted by Crippen LogP contribution is 2.27. The van der Waals surface area contributed by atoms with Crippen molar-refractivity contribution in [2.75, 3.05) is 53.0 Å². The highest BCUT2D eigenvalue weighted by Gasteiger charge is 2.30. The Bertz CT molecular complexity index is 440. The Morgan fingerprint density at radius 2 is 1.93 bits per heavy atom. The fraction of sp³-hybridized carbons (Fsp3) is 0.950. The van der Waals surface area contributed by atoms with Gasteiger partial charge in [0.1, 0.15) is 0 Å². The minimum absolute atomic E-state index is 0. The van der Waals surface area contributed by atoms with Crippen LogP contribution in [-0.4, -0.2) is 86.9 Å². The molecule has 1 saturated heterocycles. The number of likely N-dealkylation sites (tertiary alicyclic amines) is 1. The van der Waals surface area contributed by atoms with Crippen LogP contribution >= 0.6 is 24.0 Å². The van der Waals surface area contributed by atoms with E-state index in [2.05, 4.69) is 27.4 Å². The highest BCUT2D eigenvalue weighted by molar-refractivity contribution is 14.0. The summed E-state index contributed by atoms with van der Waals surface area (Å²) in [6.07, 6.45) is 9.56. The number of hydrogen-bond acceptors (Lipinski definition) is 4. The number of nitrogens with one attached hydrogen (secondary N) is 2. The van der Waals surface area contributed by atoms with Crippen molar-refractivity contribution >= 4 is 29.9 Å². The van der Waals surface area contributed by atoms with E-state index < -0.39 is 0 Å². The van der Waals surface area contributed by atoms with Crippen molar-refractivity contribution in [1.82, 2.24) is 20.4 Å². The van der Waals surface area contributed by atoms with Crippen molar-refractivity contribution in [3.63, 3.8) is 0 Å². The number of rotatable bonds is 10. The minimum Gasteiger partial charge on any atom is -0.383 e. The van der Waals surface area contributed by atoms with E-state index in [4.69, 9.17) is 9.73 Å². The van der Waals surface area contributed by atoms with Gasteiger partial charge in [0.15, 0.2) is 5.96 Å². The van der Waals surface area contributed by atoms with Gasteiger partial charge >= 0.3 is 0 Å². The van der Waals surface area contributed by atoms with Gasteiger partial charge in [0, 0.05) is 58.0 Å². The van der Waals surface area contributed by atoms with E-state index in [0.717, 1.165) is 50.8 Å². The molecule has 158 valence electrons. The molecule has 0 aromatic carbocycles. The van der Waals surface area contributed by atoms with Gasteiger partial charge < -0.3 is 15.4 Å². The lowest BCUT2D eigenvalue weighted by atomic mass is 10.2. The fourth-order valence-electron chi connectivity index (χ4n) is 4.43. The molecule has 27 heavy (non-hydrogen) atoms. The van der Waals surface area contributed by atoms with Crippen molar-refractivity contribution in [3.8, 4) is 0 Å². The number of methoxy groups -OCH3 is 1. The predicted molar refractivity (Wildman–Crippen MR) is 123 cm³/mol. The molecule has 1 unspecified atom stereocenters. The third kappa shape index (κ3) is 7.66. The summed E-state index contributed by atoms with van der Waals surface area (Å²) < 4.78 is 5.25. The van der Waals surface area contributed by atoms with Gasteiger partial charge in [0.2, 0.25) is 0 Å². The zero-order valence-electron chi connectivity index (χ0n) is 17.3. The summed E-state index contributed by atoms with van der Waals surface area (Å²) in [5.41, 5.74) is 0. The molecule has 7 heteroatoms. The molecule has 3 rings (SSSR count). The average molecular weight is 493 g/mol. The van der Waals surface area contributed by atoms with Gasteiger partial charge in [-0.1, -0.05) is 12.8 Å². The van der Waals surface area contributed by atoms with Gasteiger partial charge in [0.25, 0.3) is 0 Å². The summed E-state index contributed by atoms with van der Waals surface area (Å²) in [6, 6.07) is 2.15. The highest BCUT2D eigenvalue weighted by atomic mass is 127. The lowest BCUT2D eigenvalue weighted by Crippen LogP contribution is -2.45. The molecule has 2 saturated carbocycles. The SMILES string of the molecule is CCNC(=NCCN(CCOC)C1CC1)NC1CCN(C2CCCC2)C1.I. The molecule has 1 aliphatic heterocycles. The molecule has 2 aliphatic carbocycles. The maximum atomic E-state index is 5.25. The van der Waals surface area contributed by atoms with Gasteiger partial charge in [0.05, 0.1) is 13.2 Å². The number of hydrogen-bond donors (Lipinski definition) is 2. The van der Waals surface area contributed by atoms with Crippen molar-refractivity contribution in [2.24, 2.45) is 4.99 Å². The number of ether oxygens (including phenoxy) is 1. The van der Waals surface area contributed by atoms with E-state index in [-0.39, 0.29) is 24.0 Å². The Hall–Kier alpha value is -0.120. The van der Waals surface area contributed by atoms with Crippen LogP contribution in [0.4, 0.5) is 0 Å². The molecule has 0 aromatic heterocycles. The van der Waals surface area contributed by atoms with E-state index in [9.17, 15) is 0 Å². The van der Waals surface area contributed by atoms with Gasteiger partial charge in [-0.3, -0.25) is 14.8 Å². The fourth-order valence-corrected chi connectivity index (χ4v) is 4.43. The number of halogens is 1. The smallest absolute Gasteiger partial charge is 0.191 e. The third-order valence-electron chi connectivity index (χ3n) is 6.05. The second-order valence-electron chi connectivity index (χ2n) is 8.08. The molecular formula is C20H40IN5O. The van der Waals surface area contributed by atoms with Crippen LogP contribution in [-0.2, 0) is 4.74 Å². The summed E-state index contributed by atoms with van der Waals surface area (Å²) in [7, 11) is 1.78. The van der Waals surface area contributed by atoms with Crippen molar-refractivity contribution in [3.05, 3.63) is 0 Å². The summed E-state index contributed by atoms with van der Waals surface area (Å²) in [5.74, 6) is 0.994. The van der Waals surface area contributed by atoms with Crippen LogP contribution in [0.3, 0.4) is 0 Å². The molecule has 3 aliphatic rings. The van der Waals surface area contributed by atoms with Crippen LogP contribution in [0.15, 0.2) is 4.99 Å². The molecule has 6 nitrogen and oxygen atoms in total. The normalized spacial score (nSPS) is 24.4. The van der Waals surface area contributed by atoms with Gasteiger partial charge in [-0.05, 0) is 39.0 Å². The van der Waals surface area contributed by atoms with Crippen LogP contribution in [0.5, 0.6) is 0 Å². The first-order chi connectivity index (χ1) is 12.8. The summed E-state index contributed by atoms with van der Waals surface area (Å²) >= 11 is 0. The van der Waals surface area contributed by atoms with E-state index in [1.54, 1.807) is 7.11 Å². The Kier molecular flexibility index (Phi) is 10.7. The largest absolute Gasteiger partial charge is 0.383 e. The molecule has 0 aromatic rings. The standard InChI is InChI=1S/C20H39N5O.HI/c1-3-21-20(22-11-13-24(14-15-26-2)19-8-9-19)23-17-10-12-25(16-17)18-6-4-5-7-18;/h17-19H,3-16H2,1-2H3,(H2,21,22,23);1H. The summed E-state index contributed by atoms with van der Waals surface area (Å²) in [6.45, 7) is 9.22. The van der Waals surface area contributed by atoms with Crippen LogP contribution in [0, 0.1) is 0 Å². The van der Waals surface area contributed by atoms with Crippen LogP contribution in [0.2, 0.25) is 0 Å². The zero-order valence-corrected chi connectivity index (χ0v) is 19.6. The van der Waals surface area contributed by atoms with Crippen molar-refractivity contribution in [1.29, 1.82) is 0 Å². The second kappa shape index (κ2) is 12.4. The second-order valence-corrected chi connectivity index (χ2v) is 8.08. The first kappa shape index (κ1) is 23.2. The van der Waals surface area contributed by atoms with Gasteiger partial charge in [-0.25, -0.2) is 0 Å². The van der Waals surface area contributed by atoms with Crippen LogP contribution in [0.25, 0.3) is 0 Å². The zero-order chi connectivity index (χ0) is 18.2. The Labute approximate surface area is 182 Å². The van der Waals surface area contributed by atoms with Gasteiger partial charge in [-0.2, -0.15) is 0 Å². The van der Waals surface area contributed by atoms with E-state index in [1.807, 2.05) is 0 Å². The van der Waals surface area contributed by atoms with Crippen molar-refractivity contribution in [2.45, 2.75) is 70.0 Å². The Morgan fingerprint density at radius 1 is 1.15 bits per heavy atom. The predicted octanol–water partition coefficient (Wildman–Crippen LogP) is 2.29.